The van der Waals surface area contributed by atoms with E-state index in [2.05, 4.69) is 35.4 Å². The van der Waals surface area contributed by atoms with Crippen LogP contribution in [-0.2, 0) is 6.54 Å². The molecule has 2 fully saturated rings. The van der Waals surface area contributed by atoms with E-state index in [4.69, 9.17) is 10.7 Å². The molecular formula is C18H21N3. The number of nitrogens with two attached hydrogens (primary N) is 1. The van der Waals surface area contributed by atoms with Gasteiger partial charge < -0.3 is 10.3 Å². The van der Waals surface area contributed by atoms with E-state index >= 15 is 0 Å². The summed E-state index contributed by atoms with van der Waals surface area (Å²) < 4.78 is 2.14. The Bertz CT molecular complexity index is 690. The number of hydrogen-bond acceptors (Lipinski definition) is 2. The first kappa shape index (κ1) is 12.7. The maximum Gasteiger partial charge on any atom is 0.132 e. The fourth-order valence-electron chi connectivity index (χ4n) is 3.12. The van der Waals surface area contributed by atoms with Gasteiger partial charge in [0.1, 0.15) is 17.3 Å². The molecule has 3 nitrogen and oxygen atoms in total. The van der Waals surface area contributed by atoms with Crippen molar-refractivity contribution in [2.75, 3.05) is 5.73 Å². The molecule has 108 valence electrons. The van der Waals surface area contributed by atoms with Crippen molar-refractivity contribution in [2.45, 2.75) is 44.1 Å². The summed E-state index contributed by atoms with van der Waals surface area (Å²) in [6, 6.07) is 8.61. The van der Waals surface area contributed by atoms with E-state index in [1.165, 1.54) is 36.8 Å². The second kappa shape index (κ2) is 4.76. The molecule has 0 aliphatic heterocycles. The van der Waals surface area contributed by atoms with Crippen LogP contribution < -0.4 is 5.73 Å². The largest absolute Gasteiger partial charge is 0.383 e. The maximum atomic E-state index is 6.43. The highest BCUT2D eigenvalue weighted by molar-refractivity contribution is 5.75. The van der Waals surface area contributed by atoms with Gasteiger partial charge in [-0.3, -0.25) is 0 Å². The molecule has 0 atom stereocenters. The van der Waals surface area contributed by atoms with Crippen molar-refractivity contribution in [3.05, 3.63) is 48.3 Å². The summed E-state index contributed by atoms with van der Waals surface area (Å²) >= 11 is 0. The van der Waals surface area contributed by atoms with Crippen molar-refractivity contribution < 1.29 is 0 Å². The van der Waals surface area contributed by atoms with E-state index in [9.17, 15) is 0 Å². The molecule has 21 heavy (non-hydrogen) atoms. The first-order valence-corrected chi connectivity index (χ1v) is 7.85. The molecule has 1 aromatic carbocycles. The third-order valence-corrected chi connectivity index (χ3v) is 4.52. The molecule has 0 spiro atoms. The fraction of sp³-hybridized carbons (Fsp3) is 0.389. The van der Waals surface area contributed by atoms with E-state index in [-0.39, 0.29) is 0 Å². The summed E-state index contributed by atoms with van der Waals surface area (Å²) in [6.45, 7) is 4.60. The third-order valence-electron chi connectivity index (χ3n) is 4.52. The molecule has 2 aromatic rings. The zero-order chi connectivity index (χ0) is 14.4. The minimum absolute atomic E-state index is 0.592. The summed E-state index contributed by atoms with van der Waals surface area (Å²) in [5.74, 6) is 3.24. The minimum Gasteiger partial charge on any atom is -0.383 e. The lowest BCUT2D eigenvalue weighted by molar-refractivity contribution is 0.750. The summed E-state index contributed by atoms with van der Waals surface area (Å²) in [4.78, 5) is 4.92. The lowest BCUT2D eigenvalue weighted by Crippen LogP contribution is -2.05. The highest BCUT2D eigenvalue weighted by atomic mass is 15.1. The Hall–Kier alpha value is -2.03. The summed E-state index contributed by atoms with van der Waals surface area (Å²) in [7, 11) is 0. The van der Waals surface area contributed by atoms with Crippen LogP contribution in [0, 0.1) is 0 Å². The van der Waals surface area contributed by atoms with Crippen molar-refractivity contribution in [1.29, 1.82) is 0 Å². The summed E-state index contributed by atoms with van der Waals surface area (Å²) in [6.07, 6.45) is 6.95. The number of imidazole rings is 1. The van der Waals surface area contributed by atoms with Gasteiger partial charge in [0, 0.05) is 18.0 Å². The van der Waals surface area contributed by atoms with Gasteiger partial charge in [-0.2, -0.15) is 0 Å². The van der Waals surface area contributed by atoms with Crippen molar-refractivity contribution >= 4 is 5.82 Å². The van der Waals surface area contributed by atoms with E-state index in [1.54, 1.807) is 0 Å². The van der Waals surface area contributed by atoms with Crippen LogP contribution in [0.15, 0.2) is 36.9 Å². The average molecular weight is 279 g/mol. The lowest BCUT2D eigenvalue weighted by atomic mass is 10.0. The zero-order valence-corrected chi connectivity index (χ0v) is 12.3. The second-order valence-corrected chi connectivity index (χ2v) is 6.24. The first-order chi connectivity index (χ1) is 10.3. The Kier molecular flexibility index (Phi) is 2.88. The topological polar surface area (TPSA) is 43.8 Å². The van der Waals surface area contributed by atoms with E-state index < -0.39 is 0 Å². The third kappa shape index (κ3) is 2.17. The Morgan fingerprint density at radius 1 is 1.19 bits per heavy atom. The molecule has 2 aliphatic carbocycles. The van der Waals surface area contributed by atoms with Crippen molar-refractivity contribution in [1.82, 2.24) is 9.55 Å². The number of nitrogen functional groups attached to an aromatic ring is 1. The van der Waals surface area contributed by atoms with E-state index in [0.29, 0.717) is 11.8 Å². The zero-order valence-electron chi connectivity index (χ0n) is 12.3. The van der Waals surface area contributed by atoms with Gasteiger partial charge in [0.2, 0.25) is 0 Å². The molecule has 2 aliphatic rings. The molecule has 4 rings (SSSR count). The number of rotatable bonds is 5. The fourth-order valence-corrected chi connectivity index (χ4v) is 3.12. The van der Waals surface area contributed by atoms with Crippen LogP contribution >= 0.6 is 0 Å². The smallest absolute Gasteiger partial charge is 0.132 e. The monoisotopic (exact) mass is 279 g/mol. The lowest BCUT2D eigenvalue weighted by Gasteiger charge is -2.08. The number of nitrogens with zero attached hydrogens (tertiary/aromatic N) is 2. The highest BCUT2D eigenvalue weighted by Crippen LogP contribution is 2.47. The normalized spacial score (nSPS) is 17.9. The van der Waals surface area contributed by atoms with Crippen molar-refractivity contribution in [3.8, 4) is 11.3 Å². The van der Waals surface area contributed by atoms with Crippen molar-refractivity contribution in [2.24, 2.45) is 0 Å². The van der Waals surface area contributed by atoms with Crippen LogP contribution in [0.1, 0.15) is 48.9 Å². The Balaban J connectivity index is 1.85. The molecule has 0 bridgehead atoms. The van der Waals surface area contributed by atoms with Gasteiger partial charge in [-0.05, 0) is 37.2 Å². The summed E-state index contributed by atoms with van der Waals surface area (Å²) in [5.41, 5.74) is 10.0. The van der Waals surface area contributed by atoms with Gasteiger partial charge in [0.25, 0.3) is 0 Å². The predicted molar refractivity (Wildman–Crippen MR) is 86.2 cm³/mol. The van der Waals surface area contributed by atoms with Gasteiger partial charge in [0.05, 0.1) is 0 Å². The molecule has 0 unspecified atom stereocenters. The second-order valence-electron chi connectivity index (χ2n) is 6.24. The Labute approximate surface area is 125 Å². The number of benzene rings is 1. The molecule has 2 N–H and O–H groups in total. The standard InChI is InChI=1S/C18H21N3/c1-2-11-21-17(19)16(20-18(21)13-9-10-13)15-6-4-3-5-14(15)12-7-8-12/h2-6,12-13H,1,7-11,19H2. The molecule has 0 amide bonds. The quantitative estimate of drug-likeness (QED) is 0.838. The van der Waals surface area contributed by atoms with Gasteiger partial charge in [-0.15, -0.1) is 6.58 Å². The molecule has 0 saturated heterocycles. The Morgan fingerprint density at radius 3 is 2.57 bits per heavy atom. The Morgan fingerprint density at radius 2 is 1.90 bits per heavy atom. The highest BCUT2D eigenvalue weighted by Gasteiger charge is 2.32. The molecule has 3 heteroatoms. The minimum atomic E-state index is 0.592. The summed E-state index contributed by atoms with van der Waals surface area (Å²) in [5, 5.41) is 0. The molecular weight excluding hydrogens is 258 g/mol. The van der Waals surface area contributed by atoms with Crippen LogP contribution in [0.25, 0.3) is 11.3 Å². The maximum absolute atomic E-state index is 6.43. The predicted octanol–water partition coefficient (Wildman–Crippen LogP) is 4.07. The molecule has 2 saturated carbocycles. The van der Waals surface area contributed by atoms with Gasteiger partial charge >= 0.3 is 0 Å². The van der Waals surface area contributed by atoms with E-state index in [1.807, 2.05) is 6.08 Å². The van der Waals surface area contributed by atoms with Crippen LogP contribution in [0.3, 0.4) is 0 Å². The number of allylic oxidation sites excluding steroid dienone is 1. The number of aromatic nitrogens is 2. The van der Waals surface area contributed by atoms with Crippen molar-refractivity contribution in [3.63, 3.8) is 0 Å². The number of hydrogen-bond donors (Lipinski definition) is 1. The molecule has 1 heterocycles. The van der Waals surface area contributed by atoms with Crippen LogP contribution in [0.4, 0.5) is 5.82 Å². The first-order valence-electron chi connectivity index (χ1n) is 7.85. The molecule has 1 aromatic heterocycles. The van der Waals surface area contributed by atoms with Crippen LogP contribution in [0.5, 0.6) is 0 Å². The van der Waals surface area contributed by atoms with Crippen LogP contribution in [0.2, 0.25) is 0 Å². The van der Waals surface area contributed by atoms with Gasteiger partial charge in [0.15, 0.2) is 0 Å². The molecule has 0 radical (unpaired) electrons. The SMILES string of the molecule is C=CCn1c(C2CC2)nc(-c2ccccc2C2CC2)c1N. The number of anilines is 1. The van der Waals surface area contributed by atoms with E-state index in [0.717, 1.165) is 23.9 Å². The van der Waals surface area contributed by atoms with Gasteiger partial charge in [-0.25, -0.2) is 4.98 Å². The average Bonchev–Trinajstić information content (AvgIpc) is 3.39. The van der Waals surface area contributed by atoms with Gasteiger partial charge in [-0.1, -0.05) is 30.3 Å². The van der Waals surface area contributed by atoms with Crippen LogP contribution in [-0.4, -0.2) is 9.55 Å².